The molecule has 1 aromatic heterocycles. The number of aromatic amines is 1. The number of alkyl halides is 3. The lowest BCUT2D eigenvalue weighted by Gasteiger charge is -2.28. The molecule has 15 heteroatoms. The van der Waals surface area contributed by atoms with E-state index < -0.39 is 74.9 Å². The summed E-state index contributed by atoms with van der Waals surface area (Å²) in [6.45, 7) is 1.32. The van der Waals surface area contributed by atoms with Gasteiger partial charge < -0.3 is 19.9 Å². The number of rotatable bonds is 8. The maximum absolute atomic E-state index is 13.5. The van der Waals surface area contributed by atoms with Gasteiger partial charge in [-0.2, -0.15) is 4.31 Å². The highest BCUT2D eigenvalue weighted by Crippen LogP contribution is 2.34. The van der Waals surface area contributed by atoms with Gasteiger partial charge >= 0.3 is 6.36 Å². The smallest absolute Gasteiger partial charge is 0.406 e. The Morgan fingerprint density at radius 3 is 2.49 bits per heavy atom. The second-order valence-corrected chi connectivity index (χ2v) is 11.0. The summed E-state index contributed by atoms with van der Waals surface area (Å²) in [4.78, 5) is 54.3. The third kappa shape index (κ3) is 5.83. The molecule has 3 unspecified atom stereocenters. The summed E-state index contributed by atoms with van der Waals surface area (Å²) < 4.78 is 68.3. The number of hydrogen-bond donors (Lipinski definition) is 2. The molecule has 0 spiro atoms. The molecular weight excluding hydrogens is 545 g/mol. The number of benzene rings is 1. The number of hydrogen-bond acceptors (Lipinski definition) is 7. The van der Waals surface area contributed by atoms with Gasteiger partial charge in [-0.3, -0.25) is 19.2 Å². The van der Waals surface area contributed by atoms with Crippen molar-refractivity contribution in [3.05, 3.63) is 58.5 Å². The van der Waals surface area contributed by atoms with Gasteiger partial charge in [0.2, 0.25) is 15.9 Å². The Balaban J connectivity index is 1.50. The molecule has 2 aliphatic rings. The van der Waals surface area contributed by atoms with Crippen LogP contribution in [0.25, 0.3) is 0 Å². The van der Waals surface area contributed by atoms with E-state index in [1.54, 1.807) is 6.92 Å². The number of likely N-dealkylation sites (tertiary alicyclic amines) is 1. The van der Waals surface area contributed by atoms with Crippen LogP contribution in [0.2, 0.25) is 0 Å². The van der Waals surface area contributed by atoms with Gasteiger partial charge in [0.25, 0.3) is 11.5 Å². The summed E-state index contributed by atoms with van der Waals surface area (Å²) in [5, 5.41) is 2.57. The normalized spacial score (nSPS) is 20.5. The van der Waals surface area contributed by atoms with E-state index in [1.165, 1.54) is 17.2 Å². The van der Waals surface area contributed by atoms with E-state index in [4.69, 9.17) is 0 Å². The molecule has 0 bridgehead atoms. The van der Waals surface area contributed by atoms with E-state index in [-0.39, 0.29) is 24.9 Å². The van der Waals surface area contributed by atoms with Crippen molar-refractivity contribution >= 4 is 27.6 Å². The molecule has 3 atom stereocenters. The lowest BCUT2D eigenvalue weighted by atomic mass is 10.1. The molecule has 11 nitrogen and oxygen atoms in total. The molecular formula is C24H25F3N4O7S. The van der Waals surface area contributed by atoms with Crippen molar-refractivity contribution in [2.45, 2.75) is 55.6 Å². The largest absolute Gasteiger partial charge is 0.573 e. The van der Waals surface area contributed by atoms with Gasteiger partial charge in [-0.1, -0.05) is 13.3 Å². The number of H-pyrrole nitrogens is 1. The molecule has 2 aliphatic heterocycles. The summed E-state index contributed by atoms with van der Waals surface area (Å²) >= 11 is 0. The number of carbonyl (C=O) groups is 3. The van der Waals surface area contributed by atoms with Crippen molar-refractivity contribution in [2.75, 3.05) is 13.1 Å². The number of sulfonamides is 1. The summed E-state index contributed by atoms with van der Waals surface area (Å²) in [5.41, 5.74) is -0.844. The van der Waals surface area contributed by atoms with Crippen LogP contribution in [0.15, 0.2) is 52.3 Å². The highest BCUT2D eigenvalue weighted by molar-refractivity contribution is 7.89. The van der Waals surface area contributed by atoms with Crippen LogP contribution < -0.4 is 15.6 Å². The number of ether oxygens (including phenoxy) is 1. The number of aromatic nitrogens is 1. The van der Waals surface area contributed by atoms with Gasteiger partial charge in [-0.25, -0.2) is 8.42 Å². The minimum atomic E-state index is -4.89. The van der Waals surface area contributed by atoms with Crippen molar-refractivity contribution in [1.82, 2.24) is 19.5 Å². The zero-order valence-electron chi connectivity index (χ0n) is 20.6. The van der Waals surface area contributed by atoms with Crippen LogP contribution >= 0.6 is 0 Å². The average Bonchev–Trinajstić information content (AvgIpc) is 3.44. The van der Waals surface area contributed by atoms with Crippen LogP contribution in [-0.2, 0) is 19.6 Å². The fourth-order valence-electron chi connectivity index (χ4n) is 4.87. The van der Waals surface area contributed by atoms with Gasteiger partial charge in [0.05, 0.1) is 12.6 Å². The number of fused-ring (bicyclic) bond motifs is 1. The zero-order valence-corrected chi connectivity index (χ0v) is 21.4. The minimum absolute atomic E-state index is 0.0139. The fourth-order valence-corrected chi connectivity index (χ4v) is 6.54. The van der Waals surface area contributed by atoms with Crippen molar-refractivity contribution in [2.24, 2.45) is 0 Å². The molecule has 2 fully saturated rings. The van der Waals surface area contributed by atoms with Gasteiger partial charge in [-0.05, 0) is 49.2 Å². The molecule has 2 amide bonds. The van der Waals surface area contributed by atoms with E-state index in [0.29, 0.717) is 6.42 Å². The SMILES string of the molecule is CCCC(NC(=O)c1ccc(OC(F)(F)F)cc1)C(=O)N1CCC2C1C(=O)CN2S(=O)(=O)c1ccc[nH]c1=O. The average molecular weight is 571 g/mol. The molecule has 0 aliphatic carbocycles. The number of carbonyl (C=O) groups excluding carboxylic acids is 3. The third-order valence-electron chi connectivity index (χ3n) is 6.56. The number of Topliss-reactive ketones (excluding diaryl/α,β-unsaturated/α-hetero) is 1. The first-order valence-corrected chi connectivity index (χ1v) is 13.5. The third-order valence-corrected chi connectivity index (χ3v) is 8.45. The summed E-state index contributed by atoms with van der Waals surface area (Å²) in [7, 11) is -4.33. The first kappa shape index (κ1) is 28.3. The van der Waals surface area contributed by atoms with E-state index in [2.05, 4.69) is 15.0 Å². The van der Waals surface area contributed by atoms with E-state index in [9.17, 15) is 40.8 Å². The fraction of sp³-hybridized carbons (Fsp3) is 0.417. The van der Waals surface area contributed by atoms with Gasteiger partial charge in [-0.15, -0.1) is 13.2 Å². The van der Waals surface area contributed by atoms with E-state index in [0.717, 1.165) is 34.6 Å². The van der Waals surface area contributed by atoms with Crippen LogP contribution in [0.1, 0.15) is 36.5 Å². The highest BCUT2D eigenvalue weighted by Gasteiger charge is 2.54. The molecule has 2 saturated heterocycles. The number of pyridine rings is 1. The molecule has 3 heterocycles. The zero-order chi connectivity index (χ0) is 28.5. The standard InChI is InChI=1S/C24H25F3N4O7S/c1-2-4-16(29-21(33)14-6-8-15(9-7-14)38-24(25,26)27)23(35)30-12-10-17-20(30)18(32)13-31(17)39(36,37)19-5-3-11-28-22(19)34/h3,5-9,11,16-17,20H,2,4,10,12-13H2,1H3,(H,28,34)(H,29,33). The lowest BCUT2D eigenvalue weighted by molar-refractivity contribution is -0.274. The maximum Gasteiger partial charge on any atom is 0.573 e. The molecule has 1 aromatic carbocycles. The van der Waals surface area contributed by atoms with Crippen molar-refractivity contribution in [3.63, 3.8) is 0 Å². The second-order valence-electron chi connectivity index (χ2n) is 9.10. The molecule has 39 heavy (non-hydrogen) atoms. The molecule has 210 valence electrons. The Hall–Kier alpha value is -3.72. The molecule has 0 radical (unpaired) electrons. The Labute approximate surface area is 221 Å². The number of nitrogens with one attached hydrogen (secondary N) is 2. The summed E-state index contributed by atoms with van der Waals surface area (Å²) in [5.74, 6) is -2.33. The quantitative estimate of drug-likeness (QED) is 0.488. The molecule has 2 N–H and O–H groups in total. The molecule has 2 aromatic rings. The lowest BCUT2D eigenvalue weighted by Crippen LogP contribution is -2.52. The van der Waals surface area contributed by atoms with Gasteiger partial charge in [0.15, 0.2) is 5.78 Å². The number of amides is 2. The van der Waals surface area contributed by atoms with Crippen molar-refractivity contribution in [3.8, 4) is 5.75 Å². The molecule has 0 saturated carbocycles. The monoisotopic (exact) mass is 570 g/mol. The Kier molecular flexibility index (Phi) is 7.84. The predicted molar refractivity (Wildman–Crippen MR) is 129 cm³/mol. The Morgan fingerprint density at radius 2 is 1.87 bits per heavy atom. The van der Waals surface area contributed by atoms with Crippen LogP contribution in [0.3, 0.4) is 0 Å². The first-order valence-electron chi connectivity index (χ1n) is 12.0. The van der Waals surface area contributed by atoms with Crippen molar-refractivity contribution in [1.29, 1.82) is 0 Å². The second kappa shape index (κ2) is 10.8. The molecule has 4 rings (SSSR count). The number of ketones is 1. The van der Waals surface area contributed by atoms with E-state index >= 15 is 0 Å². The van der Waals surface area contributed by atoms with Crippen LogP contribution in [-0.4, -0.2) is 77.8 Å². The predicted octanol–water partition coefficient (Wildman–Crippen LogP) is 1.42. The first-order chi connectivity index (χ1) is 18.3. The van der Waals surface area contributed by atoms with E-state index in [1.807, 2.05) is 0 Å². The topological polar surface area (TPSA) is 146 Å². The minimum Gasteiger partial charge on any atom is -0.406 e. The summed E-state index contributed by atoms with van der Waals surface area (Å²) in [6, 6.07) is 3.64. The van der Waals surface area contributed by atoms with Crippen LogP contribution in [0.5, 0.6) is 5.75 Å². The Morgan fingerprint density at radius 1 is 1.18 bits per heavy atom. The Bertz CT molecular complexity index is 1430. The highest BCUT2D eigenvalue weighted by atomic mass is 32.2. The van der Waals surface area contributed by atoms with Crippen molar-refractivity contribution < 1.29 is 40.7 Å². The number of halogens is 3. The number of nitrogens with zero attached hydrogens (tertiary/aromatic N) is 2. The van der Waals surface area contributed by atoms with Gasteiger partial charge in [0.1, 0.15) is 22.7 Å². The van der Waals surface area contributed by atoms with Crippen LogP contribution in [0.4, 0.5) is 13.2 Å². The summed E-state index contributed by atoms with van der Waals surface area (Å²) in [6.07, 6.45) is -2.79. The van der Waals surface area contributed by atoms with Crippen LogP contribution in [0, 0.1) is 0 Å². The maximum atomic E-state index is 13.5. The van der Waals surface area contributed by atoms with Gasteiger partial charge in [0, 0.05) is 18.3 Å².